The summed E-state index contributed by atoms with van der Waals surface area (Å²) in [5.41, 5.74) is 0.432. The zero-order valence-electron chi connectivity index (χ0n) is 8.16. The Balaban J connectivity index is 2.60. The van der Waals surface area contributed by atoms with Crippen molar-refractivity contribution >= 4 is 12.1 Å². The number of amides is 1. The largest absolute Gasteiger partial charge is 0.505 e. The first-order chi connectivity index (χ1) is 6.42. The molecule has 0 aromatic carbocycles. The van der Waals surface area contributed by atoms with Gasteiger partial charge in [0.1, 0.15) is 6.61 Å². The second kappa shape index (κ2) is 3.69. The average molecular weight is 199 g/mol. The highest BCUT2D eigenvalue weighted by molar-refractivity contribution is 5.91. The van der Waals surface area contributed by atoms with Gasteiger partial charge in [-0.05, 0) is 5.57 Å². The van der Waals surface area contributed by atoms with Crippen LogP contribution in [0.15, 0.2) is 11.6 Å². The number of ether oxygens (including phenoxy) is 1. The van der Waals surface area contributed by atoms with Gasteiger partial charge >= 0.3 is 6.16 Å². The van der Waals surface area contributed by atoms with Crippen LogP contribution in [0.5, 0.6) is 0 Å². The molecule has 0 saturated heterocycles. The first-order valence-corrected chi connectivity index (χ1v) is 4.26. The molecule has 5 heteroatoms. The Morgan fingerprint density at radius 2 is 2.36 bits per heavy atom. The van der Waals surface area contributed by atoms with Crippen molar-refractivity contribution in [2.45, 2.75) is 13.8 Å². The van der Waals surface area contributed by atoms with E-state index in [1.54, 1.807) is 0 Å². The number of hydrogen-bond donors (Lipinski definition) is 2. The van der Waals surface area contributed by atoms with E-state index in [2.05, 4.69) is 10.1 Å². The molecular formula is C9H13NO4. The lowest BCUT2D eigenvalue weighted by atomic mass is 9.85. The molecule has 1 amide bonds. The molecule has 0 aromatic rings. The van der Waals surface area contributed by atoms with E-state index in [4.69, 9.17) is 5.11 Å². The van der Waals surface area contributed by atoms with Crippen molar-refractivity contribution in [2.24, 2.45) is 5.41 Å². The topological polar surface area (TPSA) is 75.6 Å². The quantitative estimate of drug-likeness (QED) is 0.658. The first kappa shape index (κ1) is 10.6. The summed E-state index contributed by atoms with van der Waals surface area (Å²) in [5, 5.41) is 11.0. The number of hydrogen-bond acceptors (Lipinski definition) is 3. The Bertz CT molecular complexity index is 293. The smallest absolute Gasteiger partial charge is 0.450 e. The minimum Gasteiger partial charge on any atom is -0.450 e. The predicted octanol–water partition coefficient (Wildman–Crippen LogP) is 0.763. The summed E-state index contributed by atoms with van der Waals surface area (Å²) >= 11 is 0. The average Bonchev–Trinajstić information content (AvgIpc) is 2.49. The molecule has 1 rings (SSSR count). The minimum atomic E-state index is -1.30. The van der Waals surface area contributed by atoms with Crippen LogP contribution >= 0.6 is 0 Å². The van der Waals surface area contributed by atoms with Crippen molar-refractivity contribution in [1.82, 2.24) is 5.32 Å². The standard InChI is InChI=1S/C9H13NO4/c1-9(2,5-14-8(12)13)6-3-7(11)10-4-6/h3H,4-5H2,1-2H3,(H,10,11)(H,12,13). The third-order valence-corrected chi connectivity index (χ3v) is 2.18. The van der Waals surface area contributed by atoms with E-state index in [1.807, 2.05) is 13.8 Å². The van der Waals surface area contributed by atoms with Gasteiger partial charge in [0, 0.05) is 18.0 Å². The van der Waals surface area contributed by atoms with Gasteiger partial charge in [0.05, 0.1) is 0 Å². The number of nitrogens with one attached hydrogen (secondary N) is 1. The molecule has 0 saturated carbocycles. The van der Waals surface area contributed by atoms with Crippen LogP contribution in [0, 0.1) is 5.41 Å². The van der Waals surface area contributed by atoms with Gasteiger partial charge in [-0.15, -0.1) is 0 Å². The third kappa shape index (κ3) is 2.48. The van der Waals surface area contributed by atoms with Crippen LogP contribution < -0.4 is 5.32 Å². The number of carbonyl (C=O) groups is 2. The van der Waals surface area contributed by atoms with Gasteiger partial charge < -0.3 is 15.2 Å². The lowest BCUT2D eigenvalue weighted by molar-refractivity contribution is -0.115. The molecule has 0 fully saturated rings. The first-order valence-electron chi connectivity index (χ1n) is 4.26. The molecule has 2 N–H and O–H groups in total. The molecule has 78 valence electrons. The molecule has 5 nitrogen and oxygen atoms in total. The zero-order chi connectivity index (χ0) is 10.8. The van der Waals surface area contributed by atoms with Crippen LogP contribution in [0.4, 0.5) is 4.79 Å². The highest BCUT2D eigenvalue weighted by Crippen LogP contribution is 2.27. The lowest BCUT2D eigenvalue weighted by Gasteiger charge is -2.24. The number of carboxylic acid groups (broad SMARTS) is 1. The van der Waals surface area contributed by atoms with Crippen molar-refractivity contribution in [1.29, 1.82) is 0 Å². The second-order valence-corrected chi connectivity index (χ2v) is 3.83. The SMILES string of the molecule is CC(C)(COC(=O)O)C1=CC(=O)NC1. The Morgan fingerprint density at radius 1 is 1.71 bits per heavy atom. The normalized spacial score (nSPS) is 16.1. The molecule has 0 atom stereocenters. The zero-order valence-corrected chi connectivity index (χ0v) is 8.16. The summed E-state index contributed by atoms with van der Waals surface area (Å²) in [4.78, 5) is 21.1. The molecule has 0 aromatic heterocycles. The van der Waals surface area contributed by atoms with Crippen LogP contribution in [0.25, 0.3) is 0 Å². The summed E-state index contributed by atoms with van der Waals surface area (Å²) in [6, 6.07) is 0. The van der Waals surface area contributed by atoms with Crippen molar-refractivity contribution in [2.75, 3.05) is 13.2 Å². The molecule has 0 radical (unpaired) electrons. The summed E-state index contributed by atoms with van der Waals surface area (Å²) in [6.45, 7) is 4.20. The van der Waals surface area contributed by atoms with E-state index < -0.39 is 11.6 Å². The second-order valence-electron chi connectivity index (χ2n) is 3.83. The monoisotopic (exact) mass is 199 g/mol. The van der Waals surface area contributed by atoms with Crippen molar-refractivity contribution in [3.05, 3.63) is 11.6 Å². The molecular weight excluding hydrogens is 186 g/mol. The Kier molecular flexibility index (Phi) is 2.78. The van der Waals surface area contributed by atoms with E-state index in [9.17, 15) is 9.59 Å². The van der Waals surface area contributed by atoms with Crippen LogP contribution in [-0.4, -0.2) is 30.3 Å². The fourth-order valence-corrected chi connectivity index (χ4v) is 1.21. The van der Waals surface area contributed by atoms with E-state index >= 15 is 0 Å². The van der Waals surface area contributed by atoms with Crippen molar-refractivity contribution in [3.63, 3.8) is 0 Å². The maximum absolute atomic E-state index is 10.9. The molecule has 1 aliphatic heterocycles. The van der Waals surface area contributed by atoms with E-state index in [0.717, 1.165) is 5.57 Å². The van der Waals surface area contributed by atoms with E-state index in [-0.39, 0.29) is 12.5 Å². The summed E-state index contributed by atoms with van der Waals surface area (Å²) in [5.74, 6) is -0.136. The summed E-state index contributed by atoms with van der Waals surface area (Å²) < 4.78 is 4.49. The maximum atomic E-state index is 10.9. The van der Waals surface area contributed by atoms with Gasteiger partial charge in [0.25, 0.3) is 0 Å². The van der Waals surface area contributed by atoms with Gasteiger partial charge in [-0.25, -0.2) is 4.79 Å². The van der Waals surface area contributed by atoms with Gasteiger partial charge in [0.15, 0.2) is 0 Å². The minimum absolute atomic E-state index is 0.0587. The van der Waals surface area contributed by atoms with Gasteiger partial charge in [-0.2, -0.15) is 0 Å². The van der Waals surface area contributed by atoms with Crippen LogP contribution in [0.3, 0.4) is 0 Å². The van der Waals surface area contributed by atoms with E-state index in [1.165, 1.54) is 6.08 Å². The van der Waals surface area contributed by atoms with Crippen LogP contribution in [0.1, 0.15) is 13.8 Å². The molecule has 0 spiro atoms. The highest BCUT2D eigenvalue weighted by Gasteiger charge is 2.28. The Labute approximate surface area is 81.7 Å². The Hall–Kier alpha value is -1.52. The molecule has 14 heavy (non-hydrogen) atoms. The summed E-state index contributed by atoms with van der Waals surface area (Å²) in [7, 11) is 0. The van der Waals surface area contributed by atoms with Gasteiger partial charge in [0.2, 0.25) is 5.91 Å². The molecule has 0 aliphatic carbocycles. The predicted molar refractivity (Wildman–Crippen MR) is 48.9 cm³/mol. The summed E-state index contributed by atoms with van der Waals surface area (Å²) in [6.07, 6.45) is 0.196. The van der Waals surface area contributed by atoms with E-state index in [0.29, 0.717) is 6.54 Å². The van der Waals surface area contributed by atoms with Crippen LogP contribution in [0.2, 0.25) is 0 Å². The molecule has 1 heterocycles. The molecule has 0 unspecified atom stereocenters. The van der Waals surface area contributed by atoms with Crippen LogP contribution in [-0.2, 0) is 9.53 Å². The van der Waals surface area contributed by atoms with Gasteiger partial charge in [-0.1, -0.05) is 13.8 Å². The Morgan fingerprint density at radius 3 is 2.79 bits per heavy atom. The fourth-order valence-electron chi connectivity index (χ4n) is 1.21. The fraction of sp³-hybridized carbons (Fsp3) is 0.556. The number of rotatable bonds is 3. The molecule has 1 aliphatic rings. The van der Waals surface area contributed by atoms with Crippen molar-refractivity contribution < 1.29 is 19.4 Å². The third-order valence-electron chi connectivity index (χ3n) is 2.18. The van der Waals surface area contributed by atoms with Gasteiger partial charge in [-0.3, -0.25) is 4.79 Å². The molecule has 0 bridgehead atoms. The highest BCUT2D eigenvalue weighted by atomic mass is 16.7. The maximum Gasteiger partial charge on any atom is 0.505 e. The number of carbonyl (C=O) groups excluding carboxylic acids is 1. The van der Waals surface area contributed by atoms with Crippen molar-refractivity contribution in [3.8, 4) is 0 Å². The lowest BCUT2D eigenvalue weighted by Crippen LogP contribution is -2.26.